The number of urea groups is 1. The van der Waals surface area contributed by atoms with E-state index in [-0.39, 0.29) is 5.41 Å². The van der Waals surface area contributed by atoms with Crippen molar-refractivity contribution in [3.05, 3.63) is 52.8 Å². The highest BCUT2D eigenvalue weighted by molar-refractivity contribution is 6.33. The van der Waals surface area contributed by atoms with Crippen LogP contribution in [0.5, 0.6) is 0 Å². The standard InChI is InChI=1S/C17H17ClN4O/c1-17(2,3)12-5-4-11(9-19)8-14(12)21-16(23)22-15-10-20-7-6-13(15)18/h4-8,10H,1-3H3,(H2,21,22,23). The van der Waals surface area contributed by atoms with E-state index in [1.807, 2.05) is 26.8 Å². The van der Waals surface area contributed by atoms with Crippen molar-refractivity contribution in [2.24, 2.45) is 0 Å². The third kappa shape index (κ3) is 4.21. The van der Waals surface area contributed by atoms with Crippen molar-refractivity contribution >= 4 is 29.0 Å². The summed E-state index contributed by atoms with van der Waals surface area (Å²) in [6.07, 6.45) is 3.01. The average Bonchev–Trinajstić information content (AvgIpc) is 2.48. The van der Waals surface area contributed by atoms with Gasteiger partial charge in [-0.1, -0.05) is 38.4 Å². The van der Waals surface area contributed by atoms with Gasteiger partial charge in [0.05, 0.1) is 28.5 Å². The number of carbonyl (C=O) groups is 1. The SMILES string of the molecule is CC(C)(C)c1ccc(C#N)cc1NC(=O)Nc1cnccc1Cl. The summed E-state index contributed by atoms with van der Waals surface area (Å²) in [4.78, 5) is 16.1. The molecule has 2 N–H and O–H groups in total. The topological polar surface area (TPSA) is 77.8 Å². The smallest absolute Gasteiger partial charge is 0.307 e. The van der Waals surface area contributed by atoms with E-state index in [9.17, 15) is 4.79 Å². The second kappa shape index (κ2) is 6.67. The van der Waals surface area contributed by atoms with Gasteiger partial charge in [-0.05, 0) is 29.2 Å². The summed E-state index contributed by atoms with van der Waals surface area (Å²) in [5.41, 5.74) is 2.24. The number of benzene rings is 1. The van der Waals surface area contributed by atoms with Gasteiger partial charge in [0.15, 0.2) is 0 Å². The van der Waals surface area contributed by atoms with Crippen LogP contribution in [0.2, 0.25) is 5.02 Å². The largest absolute Gasteiger partial charge is 0.323 e. The van der Waals surface area contributed by atoms with Crippen LogP contribution in [-0.4, -0.2) is 11.0 Å². The molecule has 23 heavy (non-hydrogen) atoms. The van der Waals surface area contributed by atoms with E-state index in [1.54, 1.807) is 24.4 Å². The zero-order valence-electron chi connectivity index (χ0n) is 13.1. The molecule has 0 atom stereocenters. The summed E-state index contributed by atoms with van der Waals surface area (Å²) in [7, 11) is 0. The zero-order valence-corrected chi connectivity index (χ0v) is 13.9. The predicted octanol–water partition coefficient (Wildman–Crippen LogP) is 4.55. The highest BCUT2D eigenvalue weighted by atomic mass is 35.5. The van der Waals surface area contributed by atoms with Crippen LogP contribution in [0.15, 0.2) is 36.7 Å². The summed E-state index contributed by atoms with van der Waals surface area (Å²) < 4.78 is 0. The molecule has 0 radical (unpaired) electrons. The Kier molecular flexibility index (Phi) is 4.87. The predicted molar refractivity (Wildman–Crippen MR) is 91.7 cm³/mol. The first-order valence-electron chi connectivity index (χ1n) is 7.03. The number of hydrogen-bond donors (Lipinski definition) is 2. The molecule has 1 aromatic carbocycles. The van der Waals surface area contributed by atoms with E-state index in [1.165, 1.54) is 6.20 Å². The lowest BCUT2D eigenvalue weighted by atomic mass is 9.85. The van der Waals surface area contributed by atoms with Gasteiger partial charge < -0.3 is 10.6 Å². The van der Waals surface area contributed by atoms with E-state index in [4.69, 9.17) is 16.9 Å². The van der Waals surface area contributed by atoms with Crippen molar-refractivity contribution in [2.75, 3.05) is 10.6 Å². The number of nitrogens with one attached hydrogen (secondary N) is 2. The van der Waals surface area contributed by atoms with Crippen LogP contribution in [0.1, 0.15) is 31.9 Å². The van der Waals surface area contributed by atoms with Gasteiger partial charge in [0.1, 0.15) is 0 Å². The van der Waals surface area contributed by atoms with Crippen LogP contribution in [0.4, 0.5) is 16.2 Å². The van der Waals surface area contributed by atoms with Gasteiger partial charge in [-0.15, -0.1) is 0 Å². The fourth-order valence-corrected chi connectivity index (χ4v) is 2.27. The number of carbonyl (C=O) groups excluding carboxylic acids is 1. The first kappa shape index (κ1) is 16.8. The normalized spacial score (nSPS) is 10.7. The molecule has 0 aliphatic heterocycles. The Balaban J connectivity index is 2.27. The third-order valence-electron chi connectivity index (χ3n) is 3.22. The molecule has 0 aliphatic carbocycles. The highest BCUT2D eigenvalue weighted by Gasteiger charge is 2.19. The van der Waals surface area contributed by atoms with Gasteiger partial charge in [0.25, 0.3) is 0 Å². The first-order valence-corrected chi connectivity index (χ1v) is 7.41. The van der Waals surface area contributed by atoms with Gasteiger partial charge >= 0.3 is 6.03 Å². The number of nitriles is 1. The lowest BCUT2D eigenvalue weighted by Crippen LogP contribution is -2.23. The molecule has 5 nitrogen and oxygen atoms in total. The van der Waals surface area contributed by atoms with Crippen LogP contribution in [0.25, 0.3) is 0 Å². The Labute approximate surface area is 140 Å². The molecule has 0 aliphatic rings. The number of amides is 2. The van der Waals surface area contributed by atoms with E-state index >= 15 is 0 Å². The maximum absolute atomic E-state index is 12.2. The lowest BCUT2D eigenvalue weighted by molar-refractivity contribution is 0.262. The van der Waals surface area contributed by atoms with Crippen molar-refractivity contribution in [2.45, 2.75) is 26.2 Å². The Hall–Kier alpha value is -2.58. The third-order valence-corrected chi connectivity index (χ3v) is 3.55. The van der Waals surface area contributed by atoms with E-state index in [0.717, 1.165) is 5.56 Å². The molecular formula is C17H17ClN4O. The maximum atomic E-state index is 12.2. The van der Waals surface area contributed by atoms with Gasteiger partial charge in [-0.3, -0.25) is 4.98 Å². The molecule has 1 aromatic heterocycles. The number of aromatic nitrogens is 1. The van der Waals surface area contributed by atoms with Crippen LogP contribution >= 0.6 is 11.6 Å². The average molecular weight is 329 g/mol. The van der Waals surface area contributed by atoms with Crippen molar-refractivity contribution in [1.29, 1.82) is 5.26 Å². The highest BCUT2D eigenvalue weighted by Crippen LogP contribution is 2.30. The molecule has 0 unspecified atom stereocenters. The molecule has 1 heterocycles. The molecular weight excluding hydrogens is 312 g/mol. The molecule has 0 saturated carbocycles. The zero-order chi connectivity index (χ0) is 17.0. The summed E-state index contributed by atoms with van der Waals surface area (Å²) in [6, 6.07) is 8.47. The quantitative estimate of drug-likeness (QED) is 0.849. The van der Waals surface area contributed by atoms with Gasteiger partial charge in [0, 0.05) is 11.9 Å². The molecule has 2 amide bonds. The van der Waals surface area contributed by atoms with E-state index in [0.29, 0.717) is 22.0 Å². The maximum Gasteiger partial charge on any atom is 0.323 e. The summed E-state index contributed by atoms with van der Waals surface area (Å²) in [5.74, 6) is 0. The van der Waals surface area contributed by atoms with Crippen molar-refractivity contribution < 1.29 is 4.79 Å². The second-order valence-electron chi connectivity index (χ2n) is 6.06. The van der Waals surface area contributed by atoms with Crippen molar-refractivity contribution in [3.63, 3.8) is 0 Å². The van der Waals surface area contributed by atoms with E-state index in [2.05, 4.69) is 21.7 Å². The monoisotopic (exact) mass is 328 g/mol. The molecule has 0 fully saturated rings. The van der Waals surface area contributed by atoms with Gasteiger partial charge in [-0.2, -0.15) is 5.26 Å². The number of anilines is 2. The fraction of sp³-hybridized carbons (Fsp3) is 0.235. The molecule has 0 saturated heterocycles. The number of nitrogens with zero attached hydrogens (tertiary/aromatic N) is 2. The molecule has 118 valence electrons. The van der Waals surface area contributed by atoms with Crippen molar-refractivity contribution in [1.82, 2.24) is 4.98 Å². The molecule has 2 aromatic rings. The summed E-state index contributed by atoms with van der Waals surface area (Å²) in [6.45, 7) is 6.11. The Bertz CT molecular complexity index is 775. The molecule has 6 heteroatoms. The van der Waals surface area contributed by atoms with Gasteiger partial charge in [0.2, 0.25) is 0 Å². The summed E-state index contributed by atoms with van der Waals surface area (Å²) in [5, 5.41) is 14.9. The summed E-state index contributed by atoms with van der Waals surface area (Å²) >= 11 is 6.00. The van der Waals surface area contributed by atoms with Gasteiger partial charge in [-0.25, -0.2) is 4.79 Å². The van der Waals surface area contributed by atoms with E-state index < -0.39 is 6.03 Å². The second-order valence-corrected chi connectivity index (χ2v) is 6.46. The Morgan fingerprint density at radius 1 is 1.22 bits per heavy atom. The van der Waals surface area contributed by atoms with Crippen LogP contribution in [0.3, 0.4) is 0 Å². The Morgan fingerprint density at radius 2 is 1.91 bits per heavy atom. The minimum atomic E-state index is -0.444. The first-order chi connectivity index (χ1) is 10.8. The van der Waals surface area contributed by atoms with Crippen LogP contribution < -0.4 is 10.6 Å². The van der Waals surface area contributed by atoms with Crippen molar-refractivity contribution in [3.8, 4) is 6.07 Å². The number of halogens is 1. The van der Waals surface area contributed by atoms with Crippen LogP contribution in [-0.2, 0) is 5.41 Å². The lowest BCUT2D eigenvalue weighted by Gasteiger charge is -2.23. The minimum absolute atomic E-state index is 0.178. The Morgan fingerprint density at radius 3 is 2.52 bits per heavy atom. The molecule has 2 rings (SSSR count). The number of pyridine rings is 1. The minimum Gasteiger partial charge on any atom is -0.307 e. The fourth-order valence-electron chi connectivity index (χ4n) is 2.12. The molecule has 0 bridgehead atoms. The number of hydrogen-bond acceptors (Lipinski definition) is 3. The van der Waals surface area contributed by atoms with Crippen LogP contribution in [0, 0.1) is 11.3 Å². The molecule has 0 spiro atoms. The number of rotatable bonds is 2.